The second-order valence-electron chi connectivity index (χ2n) is 5.06. The fourth-order valence-corrected chi connectivity index (χ4v) is 2.47. The van der Waals surface area contributed by atoms with Crippen molar-refractivity contribution in [3.8, 4) is 17.2 Å². The van der Waals surface area contributed by atoms with Gasteiger partial charge in [0, 0.05) is 11.8 Å². The minimum atomic E-state index is 0.142. The van der Waals surface area contributed by atoms with Crippen LogP contribution in [0.5, 0.6) is 17.2 Å². The molecule has 1 aliphatic rings. The number of methoxy groups -OCH3 is 1. The van der Waals surface area contributed by atoms with E-state index in [0.29, 0.717) is 0 Å². The van der Waals surface area contributed by atoms with E-state index in [4.69, 9.17) is 14.2 Å². The van der Waals surface area contributed by atoms with Crippen molar-refractivity contribution < 1.29 is 14.2 Å². The van der Waals surface area contributed by atoms with Crippen LogP contribution in [0, 0.1) is 0 Å². The summed E-state index contributed by atoms with van der Waals surface area (Å²) in [5, 5.41) is 3.52. The molecule has 0 fully saturated rings. The first-order chi connectivity index (χ1) is 10.8. The number of anilines is 1. The lowest BCUT2D eigenvalue weighted by molar-refractivity contribution is 0.174. The van der Waals surface area contributed by atoms with E-state index in [1.807, 2.05) is 36.4 Å². The average Bonchev–Trinajstić information content (AvgIpc) is 3.02. The second-order valence-corrected chi connectivity index (χ2v) is 5.06. The maximum atomic E-state index is 5.42. The highest BCUT2D eigenvalue weighted by Crippen LogP contribution is 2.35. The molecule has 0 saturated heterocycles. The fourth-order valence-electron chi connectivity index (χ4n) is 2.47. The molecule has 1 N–H and O–H groups in total. The summed E-state index contributed by atoms with van der Waals surface area (Å²) < 4.78 is 16.0. The van der Waals surface area contributed by atoms with E-state index < -0.39 is 0 Å². The van der Waals surface area contributed by atoms with E-state index in [0.717, 1.165) is 29.4 Å². The quantitative estimate of drug-likeness (QED) is 0.813. The molecule has 0 saturated carbocycles. The third kappa shape index (κ3) is 3.01. The van der Waals surface area contributed by atoms with E-state index in [2.05, 4.69) is 24.0 Å². The number of hydrogen-bond acceptors (Lipinski definition) is 4. The molecule has 1 heterocycles. The molecule has 1 atom stereocenters. The van der Waals surface area contributed by atoms with Crippen molar-refractivity contribution in [3.63, 3.8) is 0 Å². The maximum absolute atomic E-state index is 5.42. The number of ether oxygens (including phenoxy) is 3. The van der Waals surface area contributed by atoms with Gasteiger partial charge in [-0.15, -0.1) is 6.58 Å². The largest absolute Gasteiger partial charge is 0.497 e. The van der Waals surface area contributed by atoms with Gasteiger partial charge in [0.15, 0.2) is 11.5 Å². The molecule has 0 radical (unpaired) electrons. The van der Waals surface area contributed by atoms with Crippen LogP contribution in [0.4, 0.5) is 5.69 Å². The molecular weight excluding hydrogens is 278 g/mol. The molecule has 0 aromatic heterocycles. The Bertz CT molecular complexity index is 652. The lowest BCUT2D eigenvalue weighted by Crippen LogP contribution is -2.09. The molecule has 22 heavy (non-hydrogen) atoms. The van der Waals surface area contributed by atoms with Gasteiger partial charge in [0.05, 0.1) is 13.2 Å². The van der Waals surface area contributed by atoms with Gasteiger partial charge in [-0.2, -0.15) is 0 Å². The Morgan fingerprint density at radius 3 is 2.68 bits per heavy atom. The highest BCUT2D eigenvalue weighted by atomic mass is 16.7. The summed E-state index contributed by atoms with van der Waals surface area (Å²) in [5.41, 5.74) is 2.17. The van der Waals surface area contributed by atoms with Crippen molar-refractivity contribution in [3.05, 3.63) is 60.7 Å². The minimum Gasteiger partial charge on any atom is -0.497 e. The summed E-state index contributed by atoms with van der Waals surface area (Å²) in [6, 6.07) is 14.1. The van der Waals surface area contributed by atoms with Crippen molar-refractivity contribution in [1.82, 2.24) is 0 Å². The smallest absolute Gasteiger partial charge is 0.231 e. The van der Waals surface area contributed by atoms with E-state index in [-0.39, 0.29) is 12.8 Å². The van der Waals surface area contributed by atoms with Gasteiger partial charge in [0.1, 0.15) is 5.75 Å². The van der Waals surface area contributed by atoms with Gasteiger partial charge in [-0.05, 0) is 36.2 Å². The van der Waals surface area contributed by atoms with Crippen LogP contribution in [-0.4, -0.2) is 13.9 Å². The third-order valence-corrected chi connectivity index (χ3v) is 3.63. The topological polar surface area (TPSA) is 39.7 Å². The summed E-state index contributed by atoms with van der Waals surface area (Å²) >= 11 is 0. The van der Waals surface area contributed by atoms with E-state index in [9.17, 15) is 0 Å². The molecule has 0 amide bonds. The molecule has 2 aromatic rings. The predicted molar refractivity (Wildman–Crippen MR) is 86.7 cm³/mol. The zero-order chi connectivity index (χ0) is 15.4. The van der Waals surface area contributed by atoms with Gasteiger partial charge >= 0.3 is 0 Å². The summed E-state index contributed by atoms with van der Waals surface area (Å²) in [4.78, 5) is 0. The SMILES string of the molecule is C=CCC(Nc1ccc2c(c1)OCO2)c1ccc(OC)cc1. The third-order valence-electron chi connectivity index (χ3n) is 3.63. The number of hydrogen-bond donors (Lipinski definition) is 1. The van der Waals surface area contributed by atoms with Crippen LogP contribution in [-0.2, 0) is 0 Å². The molecule has 0 spiro atoms. The maximum Gasteiger partial charge on any atom is 0.231 e. The van der Waals surface area contributed by atoms with Crippen molar-refractivity contribution in [2.24, 2.45) is 0 Å². The Hall–Kier alpha value is -2.62. The van der Waals surface area contributed by atoms with Gasteiger partial charge in [-0.3, -0.25) is 0 Å². The highest BCUT2D eigenvalue weighted by Gasteiger charge is 2.15. The second kappa shape index (κ2) is 6.43. The number of benzene rings is 2. The summed E-state index contributed by atoms with van der Waals surface area (Å²) in [6.07, 6.45) is 2.73. The Kier molecular flexibility index (Phi) is 4.19. The van der Waals surface area contributed by atoms with Gasteiger partial charge < -0.3 is 19.5 Å². The summed E-state index contributed by atoms with van der Waals surface area (Å²) in [6.45, 7) is 4.13. The lowest BCUT2D eigenvalue weighted by Gasteiger charge is -2.19. The van der Waals surface area contributed by atoms with Crippen LogP contribution in [0.15, 0.2) is 55.1 Å². The van der Waals surface area contributed by atoms with Crippen LogP contribution >= 0.6 is 0 Å². The lowest BCUT2D eigenvalue weighted by atomic mass is 10.0. The Morgan fingerprint density at radius 1 is 1.18 bits per heavy atom. The number of rotatable bonds is 6. The van der Waals surface area contributed by atoms with Gasteiger partial charge in [0.2, 0.25) is 6.79 Å². The van der Waals surface area contributed by atoms with Gasteiger partial charge in [0.25, 0.3) is 0 Å². The van der Waals surface area contributed by atoms with Crippen LogP contribution in [0.25, 0.3) is 0 Å². The van der Waals surface area contributed by atoms with Crippen molar-refractivity contribution in [1.29, 1.82) is 0 Å². The van der Waals surface area contributed by atoms with Crippen LogP contribution in [0.3, 0.4) is 0 Å². The number of fused-ring (bicyclic) bond motifs is 1. The molecule has 0 bridgehead atoms. The van der Waals surface area contributed by atoms with Crippen LogP contribution in [0.1, 0.15) is 18.0 Å². The Morgan fingerprint density at radius 2 is 1.95 bits per heavy atom. The molecule has 4 heteroatoms. The first-order valence-corrected chi connectivity index (χ1v) is 7.21. The zero-order valence-electron chi connectivity index (χ0n) is 12.5. The summed E-state index contributed by atoms with van der Waals surface area (Å²) in [7, 11) is 1.67. The molecule has 114 valence electrons. The van der Waals surface area contributed by atoms with Crippen LogP contribution < -0.4 is 19.5 Å². The van der Waals surface area contributed by atoms with Gasteiger partial charge in [-0.25, -0.2) is 0 Å². The zero-order valence-corrected chi connectivity index (χ0v) is 12.5. The first-order valence-electron chi connectivity index (χ1n) is 7.21. The molecule has 1 unspecified atom stereocenters. The van der Waals surface area contributed by atoms with E-state index in [1.165, 1.54) is 5.56 Å². The monoisotopic (exact) mass is 297 g/mol. The highest BCUT2D eigenvalue weighted by molar-refractivity contribution is 5.56. The molecule has 1 aliphatic heterocycles. The Labute approximate surface area is 130 Å². The Balaban J connectivity index is 1.80. The standard InChI is InChI=1S/C18H19NO3/c1-3-4-16(13-5-8-15(20-2)9-6-13)19-14-7-10-17-18(11-14)22-12-21-17/h3,5-11,16,19H,1,4,12H2,2H3. The van der Waals surface area contributed by atoms with Crippen molar-refractivity contribution >= 4 is 5.69 Å². The van der Waals surface area contributed by atoms with Crippen LogP contribution in [0.2, 0.25) is 0 Å². The fraction of sp³-hybridized carbons (Fsp3) is 0.222. The van der Waals surface area contributed by atoms with Crippen molar-refractivity contribution in [2.75, 3.05) is 19.2 Å². The molecule has 4 nitrogen and oxygen atoms in total. The predicted octanol–water partition coefficient (Wildman–Crippen LogP) is 4.15. The number of nitrogens with one attached hydrogen (secondary N) is 1. The molecule has 2 aromatic carbocycles. The van der Waals surface area contributed by atoms with E-state index in [1.54, 1.807) is 7.11 Å². The normalized spacial score (nSPS) is 13.5. The van der Waals surface area contributed by atoms with Gasteiger partial charge in [-0.1, -0.05) is 18.2 Å². The van der Waals surface area contributed by atoms with Crippen molar-refractivity contribution in [2.45, 2.75) is 12.5 Å². The minimum absolute atomic E-state index is 0.142. The molecular formula is C18H19NO3. The molecule has 3 rings (SSSR count). The molecule has 0 aliphatic carbocycles. The summed E-state index contributed by atoms with van der Waals surface area (Å²) in [5.74, 6) is 2.41. The van der Waals surface area contributed by atoms with E-state index >= 15 is 0 Å². The average molecular weight is 297 g/mol. The first kappa shape index (κ1) is 14.3.